The van der Waals surface area contributed by atoms with Crippen LogP contribution < -0.4 is 0 Å². The van der Waals surface area contributed by atoms with Crippen LogP contribution >= 0.6 is 0 Å². The maximum atomic E-state index is 10.9. The van der Waals surface area contributed by atoms with Crippen molar-refractivity contribution in [2.24, 2.45) is 0 Å². The number of unbranched alkanes of at least 4 members (excludes halogenated alkanes) is 16. The van der Waals surface area contributed by atoms with Gasteiger partial charge in [0, 0.05) is 13.0 Å². The van der Waals surface area contributed by atoms with Crippen molar-refractivity contribution in [3.8, 4) is 0 Å². The quantitative estimate of drug-likeness (QED) is 0.0883. The largest absolute Gasteiger partial charge is 0.364 e. The van der Waals surface area contributed by atoms with Gasteiger partial charge in [-0.25, -0.2) is 0 Å². The van der Waals surface area contributed by atoms with Gasteiger partial charge in [0.15, 0.2) is 0 Å². The van der Waals surface area contributed by atoms with Gasteiger partial charge in [0.05, 0.1) is 13.2 Å². The van der Waals surface area contributed by atoms with E-state index in [2.05, 4.69) is 27.7 Å². The molecule has 0 aromatic heterocycles. The van der Waals surface area contributed by atoms with E-state index < -0.39 is 12.1 Å². The molecule has 0 aliphatic carbocycles. The standard InChI is InChI=1S/C30H62O4/c1-5-9-13-14-15-16-17-18-19-20-21-22-23-24-25-30(33-27-11-7-3,34-28-12-8-4)29(31)32-26-10-6-2/h29,31H,5-28H2,1-4H3. The van der Waals surface area contributed by atoms with Crippen molar-refractivity contribution in [3.05, 3.63) is 0 Å². The lowest BCUT2D eigenvalue weighted by molar-refractivity contribution is -0.346. The number of aliphatic hydroxyl groups excluding tert-OH is 1. The molecule has 0 rings (SSSR count). The highest BCUT2D eigenvalue weighted by Gasteiger charge is 2.40. The first-order valence-electron chi connectivity index (χ1n) is 15.2. The van der Waals surface area contributed by atoms with Gasteiger partial charge in [0.25, 0.3) is 0 Å². The summed E-state index contributed by atoms with van der Waals surface area (Å²) in [5.74, 6) is -1.02. The SMILES string of the molecule is CCCCCCCCCCCCCCCCC(OCCCC)(OCCCC)C(O)OCCCC. The van der Waals surface area contributed by atoms with Gasteiger partial charge in [-0.3, -0.25) is 0 Å². The monoisotopic (exact) mass is 486 g/mol. The molecule has 1 unspecified atom stereocenters. The Labute approximate surface area is 213 Å². The first-order valence-corrected chi connectivity index (χ1v) is 15.2. The Morgan fingerprint density at radius 2 is 0.824 bits per heavy atom. The van der Waals surface area contributed by atoms with Crippen molar-refractivity contribution >= 4 is 0 Å². The predicted molar refractivity (Wildman–Crippen MR) is 146 cm³/mol. The minimum Gasteiger partial charge on any atom is -0.364 e. The average molecular weight is 487 g/mol. The van der Waals surface area contributed by atoms with Gasteiger partial charge in [-0.1, -0.05) is 130 Å². The van der Waals surface area contributed by atoms with Crippen LogP contribution in [0.3, 0.4) is 0 Å². The molecule has 0 aliphatic rings. The zero-order valence-electron chi connectivity index (χ0n) is 23.7. The van der Waals surface area contributed by atoms with Crippen LogP contribution in [0, 0.1) is 0 Å². The molecule has 0 radical (unpaired) electrons. The van der Waals surface area contributed by atoms with Crippen LogP contribution in [0.5, 0.6) is 0 Å². The van der Waals surface area contributed by atoms with Crippen molar-refractivity contribution < 1.29 is 19.3 Å². The molecule has 0 aliphatic heterocycles. The second-order valence-electron chi connectivity index (χ2n) is 10.1. The minimum atomic E-state index is -1.02. The Hall–Kier alpha value is -0.160. The Bertz CT molecular complexity index is 378. The van der Waals surface area contributed by atoms with Crippen molar-refractivity contribution in [1.29, 1.82) is 0 Å². The van der Waals surface area contributed by atoms with Gasteiger partial charge >= 0.3 is 0 Å². The Morgan fingerprint density at radius 3 is 1.24 bits per heavy atom. The molecule has 206 valence electrons. The summed E-state index contributed by atoms with van der Waals surface area (Å²) < 4.78 is 18.2. The van der Waals surface area contributed by atoms with Gasteiger partial charge in [-0.15, -0.1) is 0 Å². The molecular formula is C30H62O4. The molecule has 0 saturated carbocycles. The van der Waals surface area contributed by atoms with E-state index in [0.717, 1.165) is 51.4 Å². The summed E-state index contributed by atoms with van der Waals surface area (Å²) in [7, 11) is 0. The summed E-state index contributed by atoms with van der Waals surface area (Å²) in [4.78, 5) is 0. The molecule has 0 amide bonds. The van der Waals surface area contributed by atoms with Crippen LogP contribution in [0.25, 0.3) is 0 Å². The molecule has 0 bridgehead atoms. The zero-order valence-corrected chi connectivity index (χ0v) is 23.7. The first-order chi connectivity index (χ1) is 16.7. The number of ether oxygens (including phenoxy) is 3. The van der Waals surface area contributed by atoms with Gasteiger partial charge in [-0.2, -0.15) is 0 Å². The molecule has 4 nitrogen and oxygen atoms in total. The number of aliphatic hydroxyl groups is 1. The molecule has 0 aromatic rings. The summed E-state index contributed by atoms with van der Waals surface area (Å²) in [5, 5.41) is 10.9. The topological polar surface area (TPSA) is 47.9 Å². The first kappa shape index (κ1) is 33.8. The van der Waals surface area contributed by atoms with E-state index in [1.165, 1.54) is 77.0 Å². The maximum Gasteiger partial charge on any atom is 0.220 e. The highest BCUT2D eigenvalue weighted by molar-refractivity contribution is 4.75. The number of hydrogen-bond donors (Lipinski definition) is 1. The molecule has 0 heterocycles. The molecule has 1 atom stereocenters. The van der Waals surface area contributed by atoms with Crippen molar-refractivity contribution in [1.82, 2.24) is 0 Å². The van der Waals surface area contributed by atoms with Crippen LogP contribution in [-0.4, -0.2) is 37.0 Å². The lowest BCUT2D eigenvalue weighted by Crippen LogP contribution is -2.49. The third-order valence-corrected chi connectivity index (χ3v) is 6.72. The van der Waals surface area contributed by atoms with Gasteiger partial charge in [-0.05, 0) is 25.7 Å². The van der Waals surface area contributed by atoms with Crippen LogP contribution in [0.1, 0.15) is 163 Å². The van der Waals surface area contributed by atoms with Crippen molar-refractivity contribution in [2.45, 2.75) is 175 Å². The molecule has 0 spiro atoms. The summed E-state index contributed by atoms with van der Waals surface area (Å²) in [5.41, 5.74) is 0. The summed E-state index contributed by atoms with van der Waals surface area (Å²) >= 11 is 0. The Morgan fingerprint density at radius 1 is 0.471 bits per heavy atom. The summed E-state index contributed by atoms with van der Waals surface area (Å²) in [6.45, 7) is 10.5. The summed E-state index contributed by atoms with van der Waals surface area (Å²) in [6.07, 6.45) is 24.5. The Balaban J connectivity index is 4.27. The molecule has 0 saturated heterocycles. The number of rotatable bonds is 28. The molecule has 1 N–H and O–H groups in total. The van der Waals surface area contributed by atoms with E-state index in [0.29, 0.717) is 26.2 Å². The molecule has 0 fully saturated rings. The fourth-order valence-electron chi connectivity index (χ4n) is 4.26. The lowest BCUT2D eigenvalue weighted by Gasteiger charge is -2.37. The maximum absolute atomic E-state index is 10.9. The summed E-state index contributed by atoms with van der Waals surface area (Å²) in [6, 6.07) is 0. The highest BCUT2D eigenvalue weighted by atomic mass is 16.7. The van der Waals surface area contributed by atoms with Gasteiger partial charge in [0.1, 0.15) is 0 Å². The second-order valence-corrected chi connectivity index (χ2v) is 10.1. The van der Waals surface area contributed by atoms with E-state index in [-0.39, 0.29) is 0 Å². The van der Waals surface area contributed by atoms with Crippen molar-refractivity contribution in [2.75, 3.05) is 19.8 Å². The average Bonchev–Trinajstić information content (AvgIpc) is 2.84. The van der Waals surface area contributed by atoms with Crippen molar-refractivity contribution in [3.63, 3.8) is 0 Å². The predicted octanol–water partition coefficient (Wildman–Crippen LogP) is 9.32. The van der Waals surface area contributed by atoms with Crippen LogP contribution in [-0.2, 0) is 14.2 Å². The molecule has 34 heavy (non-hydrogen) atoms. The minimum absolute atomic E-state index is 0.548. The normalized spacial score (nSPS) is 13.0. The van der Waals surface area contributed by atoms with E-state index in [4.69, 9.17) is 14.2 Å². The van der Waals surface area contributed by atoms with E-state index >= 15 is 0 Å². The fourth-order valence-corrected chi connectivity index (χ4v) is 4.26. The molecule has 4 heteroatoms. The zero-order chi connectivity index (χ0) is 25.2. The molecule has 0 aromatic carbocycles. The van der Waals surface area contributed by atoms with E-state index in [1.807, 2.05) is 0 Å². The van der Waals surface area contributed by atoms with Crippen LogP contribution in [0.15, 0.2) is 0 Å². The lowest BCUT2D eigenvalue weighted by atomic mass is 10.0. The van der Waals surface area contributed by atoms with E-state index in [9.17, 15) is 5.11 Å². The smallest absolute Gasteiger partial charge is 0.220 e. The van der Waals surface area contributed by atoms with Crippen LogP contribution in [0.4, 0.5) is 0 Å². The Kier molecular flexibility index (Phi) is 25.8. The number of hydrogen-bond acceptors (Lipinski definition) is 4. The third-order valence-electron chi connectivity index (χ3n) is 6.72. The third kappa shape index (κ3) is 19.1. The van der Waals surface area contributed by atoms with Gasteiger partial charge in [0.2, 0.25) is 12.1 Å². The molecular weight excluding hydrogens is 424 g/mol. The highest BCUT2D eigenvalue weighted by Crippen LogP contribution is 2.28. The van der Waals surface area contributed by atoms with Gasteiger partial charge < -0.3 is 19.3 Å². The van der Waals surface area contributed by atoms with Crippen LogP contribution in [0.2, 0.25) is 0 Å². The fraction of sp³-hybridized carbons (Fsp3) is 1.00. The second kappa shape index (κ2) is 25.9. The van der Waals surface area contributed by atoms with E-state index in [1.54, 1.807) is 0 Å².